The lowest BCUT2D eigenvalue weighted by molar-refractivity contribution is -0.117. The fraction of sp³-hybridized carbons (Fsp3) is 0.300. The number of carbonyl (C=O) groups excluding carboxylic acids is 2. The lowest BCUT2D eigenvalue weighted by Gasteiger charge is -2.18. The molecule has 1 atom stereocenters. The first-order chi connectivity index (χ1) is 12.4. The van der Waals surface area contributed by atoms with Gasteiger partial charge >= 0.3 is 6.03 Å². The third-order valence-corrected chi connectivity index (χ3v) is 4.63. The van der Waals surface area contributed by atoms with Gasteiger partial charge < -0.3 is 15.5 Å². The molecule has 1 fully saturated rings. The maximum Gasteiger partial charge on any atom is 0.315 e. The van der Waals surface area contributed by atoms with Crippen LogP contribution in [-0.4, -0.2) is 24.5 Å². The summed E-state index contributed by atoms with van der Waals surface area (Å²) in [7, 11) is 0. The van der Waals surface area contributed by atoms with Crippen LogP contribution in [0.5, 0.6) is 0 Å². The Morgan fingerprint density at radius 3 is 2.58 bits per heavy atom. The number of aryl methyl sites for hydroxylation is 2. The average Bonchev–Trinajstić information content (AvgIpc) is 2.97. The van der Waals surface area contributed by atoms with E-state index in [-0.39, 0.29) is 30.2 Å². The van der Waals surface area contributed by atoms with E-state index in [4.69, 9.17) is 0 Å². The van der Waals surface area contributed by atoms with Gasteiger partial charge in [0.05, 0.1) is 6.04 Å². The molecule has 6 heteroatoms. The second-order valence-electron chi connectivity index (χ2n) is 6.63. The Bertz CT molecular complexity index is 820. The molecule has 0 unspecified atom stereocenters. The number of anilines is 1. The van der Waals surface area contributed by atoms with Gasteiger partial charge in [-0.15, -0.1) is 0 Å². The Balaban J connectivity index is 1.54. The number of benzene rings is 2. The Morgan fingerprint density at radius 2 is 1.88 bits per heavy atom. The van der Waals surface area contributed by atoms with Gasteiger partial charge in [0.1, 0.15) is 5.82 Å². The second kappa shape index (κ2) is 7.56. The standard InChI is InChI=1S/C20H22FN3O2/c1-13-3-8-18(9-14(13)2)24-12-17(10-19(24)25)23-20(26)22-11-15-4-6-16(21)7-5-15/h3-9,17H,10-12H2,1-2H3,(H2,22,23,26)/t17-/m1/s1. The van der Waals surface area contributed by atoms with Crippen LogP contribution in [0.25, 0.3) is 0 Å². The van der Waals surface area contributed by atoms with Crippen LogP contribution in [0.2, 0.25) is 0 Å². The maximum atomic E-state index is 12.9. The molecule has 0 saturated carbocycles. The highest BCUT2D eigenvalue weighted by Crippen LogP contribution is 2.24. The largest absolute Gasteiger partial charge is 0.334 e. The fourth-order valence-corrected chi connectivity index (χ4v) is 2.97. The molecule has 26 heavy (non-hydrogen) atoms. The van der Waals surface area contributed by atoms with E-state index >= 15 is 0 Å². The summed E-state index contributed by atoms with van der Waals surface area (Å²) < 4.78 is 12.9. The van der Waals surface area contributed by atoms with E-state index in [0.29, 0.717) is 13.1 Å². The summed E-state index contributed by atoms with van der Waals surface area (Å²) in [6, 6.07) is 11.3. The Morgan fingerprint density at radius 1 is 1.15 bits per heavy atom. The highest BCUT2D eigenvalue weighted by molar-refractivity contribution is 5.96. The van der Waals surface area contributed by atoms with Crippen LogP contribution in [0.3, 0.4) is 0 Å². The number of hydrogen-bond donors (Lipinski definition) is 2. The molecule has 0 radical (unpaired) electrons. The Kier molecular flexibility index (Phi) is 5.21. The van der Waals surface area contributed by atoms with Gasteiger partial charge in [0.2, 0.25) is 5.91 Å². The number of amides is 3. The van der Waals surface area contributed by atoms with Gasteiger partial charge in [-0.2, -0.15) is 0 Å². The second-order valence-corrected chi connectivity index (χ2v) is 6.63. The van der Waals surface area contributed by atoms with Crippen molar-refractivity contribution in [2.24, 2.45) is 0 Å². The van der Waals surface area contributed by atoms with E-state index in [1.165, 1.54) is 17.7 Å². The van der Waals surface area contributed by atoms with E-state index in [1.54, 1.807) is 17.0 Å². The molecular weight excluding hydrogens is 333 g/mol. The lowest BCUT2D eigenvalue weighted by Crippen LogP contribution is -2.43. The molecule has 1 aliphatic rings. The topological polar surface area (TPSA) is 61.4 Å². The Labute approximate surface area is 152 Å². The van der Waals surface area contributed by atoms with Gasteiger partial charge in [-0.3, -0.25) is 4.79 Å². The zero-order chi connectivity index (χ0) is 18.7. The molecule has 2 aromatic rings. The Hall–Kier alpha value is -2.89. The molecule has 0 aliphatic carbocycles. The maximum absolute atomic E-state index is 12.9. The summed E-state index contributed by atoms with van der Waals surface area (Å²) in [6.45, 7) is 4.79. The van der Waals surface area contributed by atoms with Crippen molar-refractivity contribution in [3.63, 3.8) is 0 Å². The molecule has 2 N–H and O–H groups in total. The minimum Gasteiger partial charge on any atom is -0.334 e. The van der Waals surface area contributed by atoms with Gasteiger partial charge in [0, 0.05) is 25.2 Å². The average molecular weight is 355 g/mol. The van der Waals surface area contributed by atoms with Gasteiger partial charge in [-0.05, 0) is 54.8 Å². The molecule has 0 bridgehead atoms. The molecule has 5 nitrogen and oxygen atoms in total. The van der Waals surface area contributed by atoms with Gasteiger partial charge in [0.25, 0.3) is 0 Å². The smallest absolute Gasteiger partial charge is 0.315 e. The van der Waals surface area contributed by atoms with E-state index < -0.39 is 0 Å². The molecule has 3 rings (SSSR count). The van der Waals surface area contributed by atoms with Crippen LogP contribution in [0.15, 0.2) is 42.5 Å². The van der Waals surface area contributed by atoms with Crippen LogP contribution < -0.4 is 15.5 Å². The molecule has 1 heterocycles. The van der Waals surface area contributed by atoms with Crippen molar-refractivity contribution in [1.82, 2.24) is 10.6 Å². The van der Waals surface area contributed by atoms with Crippen molar-refractivity contribution in [2.75, 3.05) is 11.4 Å². The number of halogens is 1. The van der Waals surface area contributed by atoms with Crippen molar-refractivity contribution in [3.05, 3.63) is 65.0 Å². The lowest BCUT2D eigenvalue weighted by atomic mass is 10.1. The van der Waals surface area contributed by atoms with Gasteiger partial charge in [-0.1, -0.05) is 18.2 Å². The molecule has 0 spiro atoms. The minimum absolute atomic E-state index is 0.00270. The first kappa shape index (κ1) is 17.9. The summed E-state index contributed by atoms with van der Waals surface area (Å²) in [5.41, 5.74) is 3.97. The number of nitrogens with one attached hydrogen (secondary N) is 2. The summed E-state index contributed by atoms with van der Waals surface area (Å²) in [6.07, 6.45) is 0.275. The highest BCUT2D eigenvalue weighted by Gasteiger charge is 2.31. The zero-order valence-electron chi connectivity index (χ0n) is 14.9. The van der Waals surface area contributed by atoms with Crippen LogP contribution in [0.4, 0.5) is 14.9 Å². The van der Waals surface area contributed by atoms with Crippen LogP contribution in [0.1, 0.15) is 23.1 Å². The fourth-order valence-electron chi connectivity index (χ4n) is 2.97. The van der Waals surface area contributed by atoms with E-state index in [0.717, 1.165) is 16.8 Å². The van der Waals surface area contributed by atoms with Crippen molar-refractivity contribution >= 4 is 17.6 Å². The first-order valence-corrected chi connectivity index (χ1v) is 8.59. The predicted octanol–water partition coefficient (Wildman–Crippen LogP) is 3.05. The van der Waals surface area contributed by atoms with Crippen LogP contribution >= 0.6 is 0 Å². The van der Waals surface area contributed by atoms with Gasteiger partial charge in [-0.25, -0.2) is 9.18 Å². The molecule has 0 aromatic heterocycles. The van der Waals surface area contributed by atoms with E-state index in [2.05, 4.69) is 10.6 Å². The first-order valence-electron chi connectivity index (χ1n) is 8.59. The highest BCUT2D eigenvalue weighted by atomic mass is 19.1. The molecule has 2 aromatic carbocycles. The van der Waals surface area contributed by atoms with E-state index in [1.807, 2.05) is 32.0 Å². The van der Waals surface area contributed by atoms with Crippen LogP contribution in [0, 0.1) is 19.7 Å². The van der Waals surface area contributed by atoms with Crippen molar-refractivity contribution in [2.45, 2.75) is 32.9 Å². The third kappa shape index (κ3) is 4.20. The monoisotopic (exact) mass is 355 g/mol. The quantitative estimate of drug-likeness (QED) is 0.886. The SMILES string of the molecule is Cc1ccc(N2C[C@H](NC(=O)NCc3ccc(F)cc3)CC2=O)cc1C. The third-order valence-electron chi connectivity index (χ3n) is 4.63. The van der Waals surface area contributed by atoms with Crippen molar-refractivity contribution < 1.29 is 14.0 Å². The summed E-state index contributed by atoms with van der Waals surface area (Å²) in [5.74, 6) is -0.314. The normalized spacial score (nSPS) is 16.7. The zero-order valence-corrected chi connectivity index (χ0v) is 14.9. The van der Waals surface area contributed by atoms with Gasteiger partial charge in [0.15, 0.2) is 0 Å². The van der Waals surface area contributed by atoms with Crippen molar-refractivity contribution in [1.29, 1.82) is 0 Å². The summed E-state index contributed by atoms with van der Waals surface area (Å²) >= 11 is 0. The molecule has 1 aliphatic heterocycles. The number of nitrogens with zero attached hydrogens (tertiary/aromatic N) is 1. The summed E-state index contributed by atoms with van der Waals surface area (Å²) in [5, 5.41) is 5.56. The molecule has 3 amide bonds. The molecular formula is C20H22FN3O2. The van der Waals surface area contributed by atoms with Crippen LogP contribution in [-0.2, 0) is 11.3 Å². The van der Waals surface area contributed by atoms with Crippen molar-refractivity contribution in [3.8, 4) is 0 Å². The summed E-state index contributed by atoms with van der Waals surface area (Å²) in [4.78, 5) is 26.1. The predicted molar refractivity (Wildman–Crippen MR) is 98.4 cm³/mol. The number of urea groups is 1. The van der Waals surface area contributed by atoms with E-state index in [9.17, 15) is 14.0 Å². The molecule has 136 valence electrons. The number of carbonyl (C=O) groups is 2. The number of hydrogen-bond acceptors (Lipinski definition) is 2. The molecule has 1 saturated heterocycles. The minimum atomic E-state index is -0.339. The number of rotatable bonds is 4.